The van der Waals surface area contributed by atoms with Crippen molar-refractivity contribution in [2.75, 3.05) is 13.9 Å². The van der Waals surface area contributed by atoms with Crippen LogP contribution in [0.25, 0.3) is 6.08 Å². The van der Waals surface area contributed by atoms with Gasteiger partial charge >= 0.3 is 0 Å². The Kier molecular flexibility index (Phi) is 7.32. The molecule has 7 nitrogen and oxygen atoms in total. The Labute approximate surface area is 229 Å². The van der Waals surface area contributed by atoms with Crippen LogP contribution in [0.15, 0.2) is 57.9 Å². The number of amides is 2. The summed E-state index contributed by atoms with van der Waals surface area (Å²) >= 11 is 10.7. The third kappa shape index (κ3) is 5.41. The predicted molar refractivity (Wildman–Crippen MR) is 141 cm³/mol. The van der Waals surface area contributed by atoms with Crippen LogP contribution in [0.4, 0.5) is 9.18 Å². The Hall–Kier alpha value is -3.21. The van der Waals surface area contributed by atoms with Crippen molar-refractivity contribution in [1.82, 2.24) is 4.90 Å². The predicted octanol–water partition coefficient (Wildman–Crippen LogP) is 6.79. The molecule has 0 bridgehead atoms. The Bertz CT molecular complexity index is 1430. The van der Waals surface area contributed by atoms with Crippen LogP contribution in [0.5, 0.6) is 23.0 Å². The fourth-order valence-corrected chi connectivity index (χ4v) is 5.36. The van der Waals surface area contributed by atoms with Gasteiger partial charge in [0, 0.05) is 11.1 Å². The topological polar surface area (TPSA) is 74.3 Å². The molecule has 0 aromatic heterocycles. The SMILES string of the molecule is COc1cc(/C=C2/SC(=O)N(Cc3cc4c(cc3Cl)OCO4)C2=O)cc(Br)c1OCc1ccc(F)cc1. The summed E-state index contributed by atoms with van der Waals surface area (Å²) in [5.41, 5.74) is 1.99. The van der Waals surface area contributed by atoms with Crippen LogP contribution in [-0.4, -0.2) is 29.9 Å². The first-order valence-electron chi connectivity index (χ1n) is 10.9. The van der Waals surface area contributed by atoms with Gasteiger partial charge in [0.05, 0.1) is 23.0 Å². The molecule has 2 aliphatic rings. The van der Waals surface area contributed by atoms with Crippen molar-refractivity contribution in [3.05, 3.63) is 85.4 Å². The third-order valence-electron chi connectivity index (χ3n) is 5.59. The largest absolute Gasteiger partial charge is 0.493 e. The van der Waals surface area contributed by atoms with Crippen molar-refractivity contribution in [3.63, 3.8) is 0 Å². The smallest absolute Gasteiger partial charge is 0.293 e. The van der Waals surface area contributed by atoms with Crippen LogP contribution < -0.4 is 18.9 Å². The van der Waals surface area contributed by atoms with Crippen LogP contribution >= 0.6 is 39.3 Å². The molecule has 3 aromatic rings. The fourth-order valence-electron chi connectivity index (χ4n) is 3.74. The number of nitrogens with zero attached hydrogens (tertiary/aromatic N) is 1. The number of hydrogen-bond donors (Lipinski definition) is 0. The van der Waals surface area contributed by atoms with Gasteiger partial charge in [-0.1, -0.05) is 23.7 Å². The average molecular weight is 607 g/mol. The van der Waals surface area contributed by atoms with E-state index in [1.807, 2.05) is 0 Å². The number of carbonyl (C=O) groups is 2. The van der Waals surface area contributed by atoms with Gasteiger partial charge in [0.1, 0.15) is 12.4 Å². The zero-order valence-electron chi connectivity index (χ0n) is 19.3. The van der Waals surface area contributed by atoms with Crippen LogP contribution in [0.1, 0.15) is 16.7 Å². The van der Waals surface area contributed by atoms with E-state index in [-0.39, 0.29) is 30.7 Å². The minimum Gasteiger partial charge on any atom is -0.493 e. The maximum atomic E-state index is 13.2. The lowest BCUT2D eigenvalue weighted by Gasteiger charge is -2.14. The number of ether oxygens (including phenoxy) is 4. The van der Waals surface area contributed by atoms with Gasteiger partial charge in [0.15, 0.2) is 23.0 Å². The van der Waals surface area contributed by atoms with Gasteiger partial charge in [-0.25, -0.2) is 4.39 Å². The number of imide groups is 1. The normalized spacial score (nSPS) is 15.6. The molecule has 5 rings (SSSR count). The molecule has 1 fully saturated rings. The highest BCUT2D eigenvalue weighted by molar-refractivity contribution is 9.10. The van der Waals surface area contributed by atoms with Gasteiger partial charge in [0.2, 0.25) is 6.79 Å². The monoisotopic (exact) mass is 605 g/mol. The van der Waals surface area contributed by atoms with Crippen LogP contribution in [-0.2, 0) is 17.9 Å². The van der Waals surface area contributed by atoms with E-state index in [1.165, 1.54) is 19.2 Å². The van der Waals surface area contributed by atoms with E-state index in [1.54, 1.807) is 42.5 Å². The van der Waals surface area contributed by atoms with Crippen LogP contribution in [0, 0.1) is 5.82 Å². The van der Waals surface area contributed by atoms with Gasteiger partial charge in [-0.2, -0.15) is 0 Å². The summed E-state index contributed by atoms with van der Waals surface area (Å²) in [6.45, 7) is 0.297. The number of halogens is 3. The molecular weight excluding hydrogens is 589 g/mol. The molecule has 1 saturated heterocycles. The molecule has 0 aliphatic carbocycles. The number of methoxy groups -OCH3 is 1. The van der Waals surface area contributed by atoms with E-state index in [0.717, 1.165) is 22.2 Å². The van der Waals surface area contributed by atoms with Gasteiger partial charge in [-0.3, -0.25) is 14.5 Å². The van der Waals surface area contributed by atoms with Crippen molar-refractivity contribution in [2.45, 2.75) is 13.2 Å². The fraction of sp³-hybridized carbons (Fsp3) is 0.154. The molecule has 0 atom stereocenters. The highest BCUT2D eigenvalue weighted by Crippen LogP contribution is 2.41. The highest BCUT2D eigenvalue weighted by atomic mass is 79.9. The summed E-state index contributed by atoms with van der Waals surface area (Å²) in [7, 11) is 1.50. The maximum absolute atomic E-state index is 13.2. The summed E-state index contributed by atoms with van der Waals surface area (Å²) < 4.78 is 35.8. The lowest BCUT2D eigenvalue weighted by atomic mass is 10.1. The second-order valence-electron chi connectivity index (χ2n) is 8.01. The van der Waals surface area contributed by atoms with E-state index in [4.69, 9.17) is 30.5 Å². The van der Waals surface area contributed by atoms with Crippen molar-refractivity contribution in [2.24, 2.45) is 0 Å². The molecule has 3 aromatic carbocycles. The molecule has 37 heavy (non-hydrogen) atoms. The van der Waals surface area contributed by atoms with E-state index in [2.05, 4.69) is 15.9 Å². The molecular formula is C26H18BrClFNO6S. The molecule has 2 amide bonds. The Morgan fingerprint density at radius 1 is 1.14 bits per heavy atom. The average Bonchev–Trinajstić information content (AvgIpc) is 3.43. The van der Waals surface area contributed by atoms with Crippen LogP contribution in [0.3, 0.4) is 0 Å². The molecule has 190 valence electrons. The number of carbonyl (C=O) groups excluding carboxylic acids is 2. The van der Waals surface area contributed by atoms with E-state index in [0.29, 0.717) is 43.6 Å². The summed E-state index contributed by atoms with van der Waals surface area (Å²) in [5.74, 6) is 1.15. The Morgan fingerprint density at radius 3 is 2.59 bits per heavy atom. The van der Waals surface area contributed by atoms with Gasteiger partial charge < -0.3 is 18.9 Å². The number of rotatable bonds is 7. The lowest BCUT2D eigenvalue weighted by Crippen LogP contribution is -2.27. The van der Waals surface area contributed by atoms with Gasteiger partial charge in [0.25, 0.3) is 11.1 Å². The summed E-state index contributed by atoms with van der Waals surface area (Å²) in [4.78, 5) is 27.1. The van der Waals surface area contributed by atoms with E-state index < -0.39 is 11.1 Å². The summed E-state index contributed by atoms with van der Waals surface area (Å²) in [6.07, 6.45) is 1.61. The molecule has 0 saturated carbocycles. The zero-order valence-corrected chi connectivity index (χ0v) is 22.4. The maximum Gasteiger partial charge on any atom is 0.293 e. The molecule has 0 spiro atoms. The first kappa shape index (κ1) is 25.4. The molecule has 2 aliphatic heterocycles. The standard InChI is InChI=1S/C26H18BrClFNO6S/c1-33-22-7-15(6-18(27)24(22)34-12-14-2-4-17(29)5-3-14)8-23-25(31)30(26(32)37-23)11-16-9-20-21(10-19(16)28)36-13-35-20/h2-10H,11-13H2,1H3/b23-8+. The molecule has 2 heterocycles. The van der Waals surface area contributed by atoms with Crippen molar-refractivity contribution >= 4 is 56.5 Å². The first-order chi connectivity index (χ1) is 17.8. The quantitative estimate of drug-likeness (QED) is 0.274. The van der Waals surface area contributed by atoms with Gasteiger partial charge in [-0.15, -0.1) is 0 Å². The zero-order chi connectivity index (χ0) is 26.1. The second kappa shape index (κ2) is 10.6. The molecule has 0 radical (unpaired) electrons. The first-order valence-corrected chi connectivity index (χ1v) is 12.9. The summed E-state index contributed by atoms with van der Waals surface area (Å²) in [6, 6.07) is 12.7. The third-order valence-corrected chi connectivity index (χ3v) is 7.44. The van der Waals surface area contributed by atoms with Crippen molar-refractivity contribution < 1.29 is 32.9 Å². The lowest BCUT2D eigenvalue weighted by molar-refractivity contribution is -0.123. The number of hydrogen-bond acceptors (Lipinski definition) is 7. The second-order valence-corrected chi connectivity index (χ2v) is 10.3. The summed E-state index contributed by atoms with van der Waals surface area (Å²) in [5, 5.41) is -0.0348. The van der Waals surface area contributed by atoms with Crippen LogP contribution in [0.2, 0.25) is 5.02 Å². The highest BCUT2D eigenvalue weighted by Gasteiger charge is 2.36. The minimum atomic E-state index is -0.435. The van der Waals surface area contributed by atoms with E-state index >= 15 is 0 Å². The Balaban J connectivity index is 1.34. The molecule has 0 unspecified atom stereocenters. The number of benzene rings is 3. The van der Waals surface area contributed by atoms with Gasteiger partial charge in [-0.05, 0) is 80.8 Å². The number of fused-ring (bicyclic) bond motifs is 1. The Morgan fingerprint density at radius 2 is 1.86 bits per heavy atom. The van der Waals surface area contributed by atoms with E-state index in [9.17, 15) is 14.0 Å². The van der Waals surface area contributed by atoms with Crippen molar-refractivity contribution in [3.8, 4) is 23.0 Å². The number of thioether (sulfide) groups is 1. The molecule has 11 heteroatoms. The minimum absolute atomic E-state index is 0.000654. The molecule has 0 N–H and O–H groups in total. The van der Waals surface area contributed by atoms with Crippen molar-refractivity contribution in [1.29, 1.82) is 0 Å².